The first kappa shape index (κ1) is 16.3. The Labute approximate surface area is 150 Å². The summed E-state index contributed by atoms with van der Waals surface area (Å²) in [6.07, 6.45) is 5.80. The predicted molar refractivity (Wildman–Crippen MR) is 104 cm³/mol. The molecule has 1 aromatic carbocycles. The number of likely N-dealkylation sites (N-methyl/N-ethyl adjacent to an activating group) is 1. The second-order valence-corrected chi connectivity index (χ2v) is 9.07. The van der Waals surface area contributed by atoms with E-state index in [1.165, 1.54) is 65.7 Å². The Morgan fingerprint density at radius 2 is 1.92 bits per heavy atom. The van der Waals surface area contributed by atoms with E-state index in [9.17, 15) is 0 Å². The van der Waals surface area contributed by atoms with E-state index in [2.05, 4.69) is 43.1 Å². The van der Waals surface area contributed by atoms with Crippen LogP contribution in [0.4, 0.5) is 5.82 Å². The molecule has 24 heavy (non-hydrogen) atoms. The molecule has 130 valence electrons. The largest absolute Gasteiger partial charge is 0.344 e. The van der Waals surface area contributed by atoms with Gasteiger partial charge in [0.15, 0.2) is 5.82 Å². The van der Waals surface area contributed by atoms with Gasteiger partial charge in [0.25, 0.3) is 0 Å². The highest BCUT2D eigenvalue weighted by Gasteiger charge is 2.35. The van der Waals surface area contributed by atoms with Crippen molar-refractivity contribution in [1.29, 1.82) is 0 Å². The van der Waals surface area contributed by atoms with Gasteiger partial charge in [-0.3, -0.25) is 0 Å². The van der Waals surface area contributed by atoms with Crippen molar-refractivity contribution in [3.63, 3.8) is 0 Å². The number of hydrogen-bond donors (Lipinski definition) is 0. The molecule has 1 saturated heterocycles. The lowest BCUT2D eigenvalue weighted by molar-refractivity contribution is -0.913. The van der Waals surface area contributed by atoms with Crippen LogP contribution in [0, 0.1) is 11.8 Å². The maximum atomic E-state index is 4.76. The van der Waals surface area contributed by atoms with E-state index >= 15 is 0 Å². The molecule has 0 amide bonds. The Morgan fingerprint density at radius 3 is 2.71 bits per heavy atom. The van der Waals surface area contributed by atoms with Gasteiger partial charge in [-0.05, 0) is 36.0 Å². The number of benzene rings is 1. The molecule has 1 aliphatic carbocycles. The number of anilines is 1. The first-order valence-corrected chi connectivity index (χ1v) is 10.3. The maximum absolute atomic E-state index is 4.76. The normalized spacial score (nSPS) is 27.5. The fourth-order valence-electron chi connectivity index (χ4n) is 4.67. The van der Waals surface area contributed by atoms with Crippen molar-refractivity contribution in [2.45, 2.75) is 32.6 Å². The van der Waals surface area contributed by atoms with E-state index in [1.54, 1.807) is 11.5 Å². The summed E-state index contributed by atoms with van der Waals surface area (Å²) in [5, 5.41) is 1.33. The Balaban J connectivity index is 1.42. The molecule has 0 bridgehead atoms. The van der Waals surface area contributed by atoms with Gasteiger partial charge < -0.3 is 9.38 Å². The Hall–Kier alpha value is -1.13. The van der Waals surface area contributed by atoms with Crippen LogP contribution in [0.1, 0.15) is 32.6 Å². The lowest BCUT2D eigenvalue weighted by atomic mass is 9.79. The molecule has 2 aromatic rings. The number of rotatable bonds is 3. The van der Waals surface area contributed by atoms with Crippen molar-refractivity contribution >= 4 is 27.4 Å². The van der Waals surface area contributed by atoms with Crippen LogP contribution in [0.3, 0.4) is 0 Å². The van der Waals surface area contributed by atoms with Gasteiger partial charge in [0.2, 0.25) is 0 Å². The molecule has 2 aliphatic rings. The van der Waals surface area contributed by atoms with Crippen molar-refractivity contribution in [2.24, 2.45) is 11.8 Å². The van der Waals surface area contributed by atoms with Crippen LogP contribution in [0.15, 0.2) is 24.3 Å². The maximum Gasteiger partial charge on any atom is 0.150 e. The summed E-state index contributed by atoms with van der Waals surface area (Å²) in [7, 11) is 2.48. The molecular weight excluding hydrogens is 314 g/mol. The standard InChI is InChI=1S/C20H30N3S/c1-16-7-3-4-8-17(16)15-23(2)13-11-22(12-14-23)20-18-9-5-6-10-19(18)24-21-20/h5-6,9-10,16-17H,3-4,7-8,11-15H2,1-2H3/q+1. The van der Waals surface area contributed by atoms with Gasteiger partial charge in [-0.25, -0.2) is 0 Å². The molecule has 1 saturated carbocycles. The van der Waals surface area contributed by atoms with Gasteiger partial charge in [-0.1, -0.05) is 38.3 Å². The highest BCUT2D eigenvalue weighted by molar-refractivity contribution is 7.13. The van der Waals surface area contributed by atoms with Crippen LogP contribution in [-0.4, -0.2) is 48.6 Å². The first-order valence-electron chi connectivity index (χ1n) is 9.58. The summed E-state index contributed by atoms with van der Waals surface area (Å²) in [4.78, 5) is 2.52. The lowest BCUT2D eigenvalue weighted by Gasteiger charge is -2.45. The van der Waals surface area contributed by atoms with Crippen LogP contribution in [0.25, 0.3) is 10.1 Å². The smallest absolute Gasteiger partial charge is 0.150 e. The van der Waals surface area contributed by atoms with E-state index < -0.39 is 0 Å². The van der Waals surface area contributed by atoms with Gasteiger partial charge >= 0.3 is 0 Å². The molecule has 1 aliphatic heterocycles. The van der Waals surface area contributed by atoms with Crippen LogP contribution in [0.2, 0.25) is 0 Å². The van der Waals surface area contributed by atoms with Crippen molar-refractivity contribution in [1.82, 2.24) is 4.37 Å². The first-order chi connectivity index (χ1) is 11.6. The molecule has 2 unspecified atom stereocenters. The Kier molecular flexibility index (Phi) is 4.52. The minimum atomic E-state index is 0.925. The molecular formula is C20H30N3S+. The van der Waals surface area contributed by atoms with Crippen molar-refractivity contribution < 1.29 is 4.48 Å². The number of fused-ring (bicyclic) bond motifs is 1. The van der Waals surface area contributed by atoms with Crippen molar-refractivity contribution in [3.05, 3.63) is 24.3 Å². The minimum Gasteiger partial charge on any atom is -0.344 e. The van der Waals surface area contributed by atoms with E-state index in [-0.39, 0.29) is 0 Å². The van der Waals surface area contributed by atoms with Crippen LogP contribution in [0.5, 0.6) is 0 Å². The van der Waals surface area contributed by atoms with E-state index in [1.807, 2.05) is 0 Å². The van der Waals surface area contributed by atoms with Crippen LogP contribution >= 0.6 is 11.5 Å². The number of quaternary nitrogens is 1. The molecule has 3 nitrogen and oxygen atoms in total. The third kappa shape index (κ3) is 3.18. The zero-order valence-electron chi connectivity index (χ0n) is 15.1. The molecule has 2 atom stereocenters. The Bertz CT molecular complexity index is 687. The molecule has 4 rings (SSSR count). The summed E-state index contributed by atoms with van der Waals surface area (Å²) >= 11 is 1.64. The van der Waals surface area contributed by atoms with E-state index in [0.29, 0.717) is 0 Å². The number of aromatic nitrogens is 1. The quantitative estimate of drug-likeness (QED) is 0.768. The number of piperazine rings is 1. The van der Waals surface area contributed by atoms with Gasteiger partial charge in [0, 0.05) is 11.3 Å². The Morgan fingerprint density at radius 1 is 1.17 bits per heavy atom. The van der Waals surface area contributed by atoms with Crippen LogP contribution < -0.4 is 4.90 Å². The van der Waals surface area contributed by atoms with Gasteiger partial charge in [0.1, 0.15) is 0 Å². The SMILES string of the molecule is CC1CCCCC1C[N+]1(C)CCN(c2nsc3ccccc23)CC1. The third-order valence-electron chi connectivity index (χ3n) is 6.44. The van der Waals surface area contributed by atoms with Gasteiger partial charge in [-0.2, -0.15) is 4.37 Å². The minimum absolute atomic E-state index is 0.925. The topological polar surface area (TPSA) is 16.1 Å². The second-order valence-electron chi connectivity index (χ2n) is 8.26. The second kappa shape index (κ2) is 6.64. The molecule has 2 fully saturated rings. The summed E-state index contributed by atoms with van der Waals surface area (Å²) in [6.45, 7) is 8.67. The van der Waals surface area contributed by atoms with E-state index in [0.717, 1.165) is 24.9 Å². The van der Waals surface area contributed by atoms with E-state index in [4.69, 9.17) is 4.37 Å². The van der Waals surface area contributed by atoms with Gasteiger partial charge in [-0.15, -0.1) is 0 Å². The van der Waals surface area contributed by atoms with Crippen LogP contribution in [-0.2, 0) is 0 Å². The average molecular weight is 345 g/mol. The number of hydrogen-bond acceptors (Lipinski definition) is 3. The molecule has 0 spiro atoms. The molecule has 1 aromatic heterocycles. The average Bonchev–Trinajstić information content (AvgIpc) is 3.02. The highest BCUT2D eigenvalue weighted by atomic mass is 32.1. The molecule has 0 N–H and O–H groups in total. The predicted octanol–water partition coefficient (Wildman–Crippen LogP) is 4.39. The third-order valence-corrected chi connectivity index (χ3v) is 7.26. The fraction of sp³-hybridized carbons (Fsp3) is 0.650. The monoisotopic (exact) mass is 344 g/mol. The van der Waals surface area contributed by atoms with Gasteiger partial charge in [0.05, 0.1) is 44.5 Å². The highest BCUT2D eigenvalue weighted by Crippen LogP contribution is 2.33. The molecule has 0 radical (unpaired) electrons. The molecule has 4 heteroatoms. The fourth-order valence-corrected chi connectivity index (χ4v) is 5.47. The zero-order chi connectivity index (χ0) is 16.6. The summed E-state index contributed by atoms with van der Waals surface area (Å²) in [6, 6.07) is 8.65. The number of nitrogens with zero attached hydrogens (tertiary/aromatic N) is 3. The lowest BCUT2D eigenvalue weighted by Crippen LogP contribution is -2.59. The summed E-state index contributed by atoms with van der Waals surface area (Å²) in [5.41, 5.74) is 0. The molecule has 2 heterocycles. The zero-order valence-corrected chi connectivity index (χ0v) is 15.9. The van der Waals surface area contributed by atoms with Crippen molar-refractivity contribution in [2.75, 3.05) is 44.7 Å². The summed E-state index contributed by atoms with van der Waals surface area (Å²) < 4.78 is 7.32. The summed E-state index contributed by atoms with van der Waals surface area (Å²) in [5.74, 6) is 3.08. The van der Waals surface area contributed by atoms with Crippen molar-refractivity contribution in [3.8, 4) is 0 Å².